The Labute approximate surface area is 153 Å². The third-order valence-corrected chi connectivity index (χ3v) is 4.88. The van der Waals surface area contributed by atoms with Crippen LogP contribution in [0.25, 0.3) is 0 Å². The Balaban J connectivity index is 1.81. The summed E-state index contributed by atoms with van der Waals surface area (Å²) in [5.41, 5.74) is 4.05. The minimum Gasteiger partial charge on any atom is -0.496 e. The van der Waals surface area contributed by atoms with Crippen molar-refractivity contribution in [1.29, 1.82) is 0 Å². The van der Waals surface area contributed by atoms with E-state index in [4.69, 9.17) is 4.74 Å². The van der Waals surface area contributed by atoms with E-state index in [-0.39, 0.29) is 11.9 Å². The molecule has 0 saturated carbocycles. The molecular formula is C22H20N2O2. The van der Waals surface area contributed by atoms with E-state index in [2.05, 4.69) is 23.2 Å². The molecule has 2 aromatic carbocycles. The molecule has 3 aromatic rings. The summed E-state index contributed by atoms with van der Waals surface area (Å²) in [4.78, 5) is 19.6. The van der Waals surface area contributed by atoms with Crippen molar-refractivity contribution < 1.29 is 9.53 Å². The summed E-state index contributed by atoms with van der Waals surface area (Å²) in [5, 5.41) is 0. The molecule has 1 aliphatic rings. The van der Waals surface area contributed by atoms with E-state index in [9.17, 15) is 4.79 Å². The van der Waals surface area contributed by atoms with Gasteiger partial charge in [-0.05, 0) is 41.3 Å². The maximum atomic E-state index is 13.4. The zero-order valence-electron chi connectivity index (χ0n) is 14.6. The molecule has 1 aromatic heterocycles. The zero-order chi connectivity index (χ0) is 17.9. The number of hydrogen-bond acceptors (Lipinski definition) is 3. The van der Waals surface area contributed by atoms with Crippen molar-refractivity contribution in [3.05, 3.63) is 95.3 Å². The molecule has 0 saturated heterocycles. The molecule has 0 radical (unpaired) electrons. The molecule has 1 amide bonds. The molecule has 4 rings (SSSR count). The monoisotopic (exact) mass is 344 g/mol. The highest BCUT2D eigenvalue weighted by Crippen LogP contribution is 2.36. The van der Waals surface area contributed by atoms with Crippen molar-refractivity contribution >= 4 is 5.91 Å². The molecule has 0 N–H and O–H groups in total. The second-order valence-electron chi connectivity index (χ2n) is 6.34. The number of fused-ring (bicyclic) bond motifs is 1. The van der Waals surface area contributed by atoms with Crippen LogP contribution in [0.1, 0.15) is 33.1 Å². The largest absolute Gasteiger partial charge is 0.496 e. The SMILES string of the molecule is COc1ccccc1C(=O)N1CCc2ccccc2C1c1cccnc1. The summed E-state index contributed by atoms with van der Waals surface area (Å²) >= 11 is 0. The third-order valence-electron chi connectivity index (χ3n) is 4.88. The van der Waals surface area contributed by atoms with Crippen LogP contribution in [0.4, 0.5) is 0 Å². The first-order chi connectivity index (χ1) is 12.8. The van der Waals surface area contributed by atoms with Crippen LogP contribution < -0.4 is 4.74 Å². The Kier molecular flexibility index (Phi) is 4.40. The second kappa shape index (κ2) is 7.00. The summed E-state index contributed by atoms with van der Waals surface area (Å²) in [7, 11) is 1.59. The number of carbonyl (C=O) groups excluding carboxylic acids is 1. The topological polar surface area (TPSA) is 42.4 Å². The molecule has 2 heterocycles. The number of para-hydroxylation sites is 1. The Morgan fingerprint density at radius 1 is 1.08 bits per heavy atom. The van der Waals surface area contributed by atoms with Crippen LogP contribution in [0.5, 0.6) is 5.75 Å². The van der Waals surface area contributed by atoms with Gasteiger partial charge in [0.25, 0.3) is 5.91 Å². The number of carbonyl (C=O) groups is 1. The molecule has 1 atom stereocenters. The molecule has 26 heavy (non-hydrogen) atoms. The Morgan fingerprint density at radius 3 is 2.69 bits per heavy atom. The first-order valence-electron chi connectivity index (χ1n) is 8.71. The van der Waals surface area contributed by atoms with Crippen LogP contribution in [-0.4, -0.2) is 29.4 Å². The first-order valence-corrected chi connectivity index (χ1v) is 8.71. The molecule has 0 spiro atoms. The summed E-state index contributed by atoms with van der Waals surface area (Å²) in [5.74, 6) is 0.576. The molecule has 130 valence electrons. The molecule has 4 nitrogen and oxygen atoms in total. The van der Waals surface area contributed by atoms with Gasteiger partial charge in [0.2, 0.25) is 0 Å². The molecule has 0 bridgehead atoms. The highest BCUT2D eigenvalue weighted by Gasteiger charge is 2.33. The highest BCUT2D eigenvalue weighted by atomic mass is 16.5. The van der Waals surface area contributed by atoms with E-state index in [1.165, 1.54) is 5.56 Å². The minimum atomic E-state index is -0.147. The van der Waals surface area contributed by atoms with Crippen molar-refractivity contribution in [1.82, 2.24) is 9.88 Å². The van der Waals surface area contributed by atoms with Crippen LogP contribution >= 0.6 is 0 Å². The molecule has 1 unspecified atom stereocenters. The summed E-state index contributed by atoms with van der Waals surface area (Å²) in [6, 6.07) is 19.5. The first kappa shape index (κ1) is 16.3. The van der Waals surface area contributed by atoms with Gasteiger partial charge in [0.1, 0.15) is 5.75 Å². The Hall–Kier alpha value is -3.14. The number of aromatic nitrogens is 1. The van der Waals surface area contributed by atoms with Gasteiger partial charge in [-0.25, -0.2) is 0 Å². The van der Waals surface area contributed by atoms with E-state index in [1.807, 2.05) is 53.6 Å². The molecule has 0 aliphatic carbocycles. The van der Waals surface area contributed by atoms with Crippen LogP contribution in [0.15, 0.2) is 73.1 Å². The average molecular weight is 344 g/mol. The van der Waals surface area contributed by atoms with Crippen molar-refractivity contribution in [3.8, 4) is 5.75 Å². The van der Waals surface area contributed by atoms with Crippen molar-refractivity contribution in [3.63, 3.8) is 0 Å². The zero-order valence-corrected chi connectivity index (χ0v) is 14.6. The molecular weight excluding hydrogens is 324 g/mol. The average Bonchev–Trinajstić information content (AvgIpc) is 2.73. The van der Waals surface area contributed by atoms with Gasteiger partial charge in [-0.2, -0.15) is 0 Å². The van der Waals surface area contributed by atoms with Gasteiger partial charge in [0.05, 0.1) is 18.7 Å². The summed E-state index contributed by atoms with van der Waals surface area (Å²) < 4.78 is 5.41. The number of rotatable bonds is 3. The van der Waals surface area contributed by atoms with Gasteiger partial charge in [0, 0.05) is 18.9 Å². The van der Waals surface area contributed by atoms with Crippen LogP contribution in [0.2, 0.25) is 0 Å². The number of hydrogen-bond donors (Lipinski definition) is 0. The second-order valence-corrected chi connectivity index (χ2v) is 6.34. The van der Waals surface area contributed by atoms with Crippen LogP contribution in [-0.2, 0) is 6.42 Å². The molecule has 4 heteroatoms. The highest BCUT2D eigenvalue weighted by molar-refractivity contribution is 5.97. The fourth-order valence-electron chi connectivity index (χ4n) is 3.66. The van der Waals surface area contributed by atoms with Gasteiger partial charge >= 0.3 is 0 Å². The predicted molar refractivity (Wildman–Crippen MR) is 100 cm³/mol. The number of nitrogens with zero attached hydrogens (tertiary/aromatic N) is 2. The number of amides is 1. The van der Waals surface area contributed by atoms with Gasteiger partial charge in [-0.15, -0.1) is 0 Å². The number of benzene rings is 2. The molecule has 1 aliphatic heterocycles. The Bertz CT molecular complexity index is 924. The van der Waals surface area contributed by atoms with Crippen molar-refractivity contribution in [2.75, 3.05) is 13.7 Å². The number of methoxy groups -OCH3 is 1. The van der Waals surface area contributed by atoms with E-state index < -0.39 is 0 Å². The third kappa shape index (κ3) is 2.84. The normalized spacial score (nSPS) is 16.0. The van der Waals surface area contributed by atoms with Crippen LogP contribution in [0.3, 0.4) is 0 Å². The molecule has 0 fully saturated rings. The summed E-state index contributed by atoms with van der Waals surface area (Å²) in [6.45, 7) is 0.660. The summed E-state index contributed by atoms with van der Waals surface area (Å²) in [6.07, 6.45) is 4.44. The van der Waals surface area contributed by atoms with Gasteiger partial charge in [0.15, 0.2) is 0 Å². The lowest BCUT2D eigenvalue weighted by Crippen LogP contribution is -2.40. The lowest BCUT2D eigenvalue weighted by molar-refractivity contribution is 0.0691. The lowest BCUT2D eigenvalue weighted by Gasteiger charge is -2.37. The maximum Gasteiger partial charge on any atom is 0.258 e. The smallest absolute Gasteiger partial charge is 0.258 e. The quantitative estimate of drug-likeness (QED) is 0.724. The Morgan fingerprint density at radius 2 is 1.88 bits per heavy atom. The fourth-order valence-corrected chi connectivity index (χ4v) is 3.66. The van der Waals surface area contributed by atoms with E-state index >= 15 is 0 Å². The van der Waals surface area contributed by atoms with E-state index in [1.54, 1.807) is 13.3 Å². The van der Waals surface area contributed by atoms with E-state index in [0.717, 1.165) is 17.5 Å². The van der Waals surface area contributed by atoms with Gasteiger partial charge in [-0.1, -0.05) is 42.5 Å². The maximum absolute atomic E-state index is 13.4. The minimum absolute atomic E-state index is 0.0224. The van der Waals surface area contributed by atoms with Crippen molar-refractivity contribution in [2.24, 2.45) is 0 Å². The fraction of sp³-hybridized carbons (Fsp3) is 0.182. The van der Waals surface area contributed by atoms with Crippen molar-refractivity contribution in [2.45, 2.75) is 12.5 Å². The van der Waals surface area contributed by atoms with Crippen LogP contribution in [0, 0.1) is 0 Å². The van der Waals surface area contributed by atoms with Gasteiger partial charge in [-0.3, -0.25) is 9.78 Å². The lowest BCUT2D eigenvalue weighted by atomic mass is 9.88. The number of ether oxygens (including phenoxy) is 1. The van der Waals surface area contributed by atoms with E-state index in [0.29, 0.717) is 17.9 Å². The van der Waals surface area contributed by atoms with Gasteiger partial charge < -0.3 is 9.64 Å². The number of pyridine rings is 1. The standard InChI is InChI=1S/C22H20N2O2/c1-26-20-11-5-4-10-19(20)22(25)24-14-12-16-7-2-3-9-18(16)21(24)17-8-6-13-23-15-17/h2-11,13,15,21H,12,14H2,1H3. The predicted octanol–water partition coefficient (Wildman–Crippen LogP) is 3.88.